The van der Waals surface area contributed by atoms with Gasteiger partial charge in [-0.2, -0.15) is 0 Å². The Balaban J connectivity index is 1.67. The molecule has 0 bridgehead atoms. The molecule has 0 radical (unpaired) electrons. The molecule has 5 heteroatoms. The number of nitrogens with one attached hydrogen (secondary N) is 1. The van der Waals surface area contributed by atoms with Crippen LogP contribution in [0.25, 0.3) is 0 Å². The van der Waals surface area contributed by atoms with Gasteiger partial charge in [-0.1, -0.05) is 19.3 Å². The predicted octanol–water partition coefficient (Wildman–Crippen LogP) is 1.87. The zero-order valence-corrected chi connectivity index (χ0v) is 12.9. The van der Waals surface area contributed by atoms with Gasteiger partial charge in [0.15, 0.2) is 0 Å². The fraction of sp³-hybridized carbons (Fsp3) is 0.875. The van der Waals surface area contributed by atoms with E-state index in [-0.39, 0.29) is 11.8 Å². The number of carbonyl (C=O) groups excluding carboxylic acids is 1. The molecular formula is C16H28N2O3. The Morgan fingerprint density at radius 3 is 2.33 bits per heavy atom. The number of aliphatic carboxylic acids is 1. The first-order valence-electron chi connectivity index (χ1n) is 8.41. The second-order valence-corrected chi connectivity index (χ2v) is 6.38. The van der Waals surface area contributed by atoms with Crippen LogP contribution in [0.15, 0.2) is 0 Å². The van der Waals surface area contributed by atoms with E-state index in [1.54, 1.807) is 0 Å². The van der Waals surface area contributed by atoms with Crippen molar-refractivity contribution in [2.45, 2.75) is 51.4 Å². The summed E-state index contributed by atoms with van der Waals surface area (Å²) < 4.78 is 0. The smallest absolute Gasteiger partial charge is 0.307 e. The fourth-order valence-corrected chi connectivity index (χ4v) is 3.57. The lowest BCUT2D eigenvalue weighted by Gasteiger charge is -2.28. The summed E-state index contributed by atoms with van der Waals surface area (Å²) in [5.74, 6) is -1.68. The lowest BCUT2D eigenvalue weighted by Crippen LogP contribution is -2.40. The lowest BCUT2D eigenvalue weighted by atomic mass is 9.78. The number of carbonyl (C=O) groups is 2. The summed E-state index contributed by atoms with van der Waals surface area (Å²) >= 11 is 0. The van der Waals surface area contributed by atoms with Crippen LogP contribution in [-0.2, 0) is 9.59 Å². The van der Waals surface area contributed by atoms with Gasteiger partial charge < -0.3 is 15.3 Å². The van der Waals surface area contributed by atoms with Crippen molar-refractivity contribution in [1.82, 2.24) is 10.2 Å². The van der Waals surface area contributed by atoms with Gasteiger partial charge in [0.05, 0.1) is 11.8 Å². The van der Waals surface area contributed by atoms with Crippen LogP contribution in [0.3, 0.4) is 0 Å². The number of amides is 1. The van der Waals surface area contributed by atoms with Crippen molar-refractivity contribution in [3.8, 4) is 0 Å². The van der Waals surface area contributed by atoms with Gasteiger partial charge >= 0.3 is 5.97 Å². The second kappa shape index (κ2) is 8.37. The molecule has 1 saturated carbocycles. The maximum Gasteiger partial charge on any atom is 0.307 e. The Morgan fingerprint density at radius 2 is 1.67 bits per heavy atom. The summed E-state index contributed by atoms with van der Waals surface area (Å²) in [5.41, 5.74) is 0. The quantitative estimate of drug-likeness (QED) is 0.734. The maximum atomic E-state index is 12.2. The molecule has 1 aliphatic heterocycles. The van der Waals surface area contributed by atoms with Crippen LogP contribution in [0, 0.1) is 11.8 Å². The number of likely N-dealkylation sites (tertiary alicyclic amines) is 1. The standard InChI is InChI=1S/C16H28N2O3/c19-15(13-7-2-3-8-14(13)16(20)21)17-9-6-12-18-10-4-1-5-11-18/h13-14H,1-12H2,(H,17,19)(H,20,21). The highest BCUT2D eigenvalue weighted by molar-refractivity contribution is 5.84. The Hall–Kier alpha value is -1.10. The van der Waals surface area contributed by atoms with E-state index in [4.69, 9.17) is 0 Å². The molecule has 0 aromatic rings. The second-order valence-electron chi connectivity index (χ2n) is 6.38. The third-order valence-corrected chi connectivity index (χ3v) is 4.82. The molecule has 0 aromatic heterocycles. The van der Waals surface area contributed by atoms with Crippen LogP contribution in [-0.4, -0.2) is 48.1 Å². The van der Waals surface area contributed by atoms with E-state index in [0.717, 1.165) is 32.2 Å². The minimum Gasteiger partial charge on any atom is -0.481 e. The van der Waals surface area contributed by atoms with Crippen LogP contribution >= 0.6 is 0 Å². The molecule has 2 atom stereocenters. The fourth-order valence-electron chi connectivity index (χ4n) is 3.57. The van der Waals surface area contributed by atoms with Crippen molar-refractivity contribution in [3.63, 3.8) is 0 Å². The van der Waals surface area contributed by atoms with E-state index in [1.165, 1.54) is 32.4 Å². The van der Waals surface area contributed by atoms with E-state index in [9.17, 15) is 14.7 Å². The van der Waals surface area contributed by atoms with E-state index in [1.807, 2.05) is 0 Å². The van der Waals surface area contributed by atoms with Gasteiger partial charge in [0.25, 0.3) is 0 Å². The monoisotopic (exact) mass is 296 g/mol. The predicted molar refractivity (Wildman–Crippen MR) is 81.0 cm³/mol. The van der Waals surface area contributed by atoms with E-state index >= 15 is 0 Å². The molecule has 21 heavy (non-hydrogen) atoms. The van der Waals surface area contributed by atoms with Crippen LogP contribution in [0.1, 0.15) is 51.4 Å². The highest BCUT2D eigenvalue weighted by Crippen LogP contribution is 2.30. The van der Waals surface area contributed by atoms with Crippen LogP contribution in [0.2, 0.25) is 0 Å². The minimum absolute atomic E-state index is 0.0549. The highest BCUT2D eigenvalue weighted by atomic mass is 16.4. The van der Waals surface area contributed by atoms with E-state index < -0.39 is 11.9 Å². The van der Waals surface area contributed by atoms with Crippen molar-refractivity contribution in [3.05, 3.63) is 0 Å². The first-order chi connectivity index (χ1) is 10.2. The Bertz CT molecular complexity index is 353. The number of carboxylic acid groups (broad SMARTS) is 1. The molecule has 5 nitrogen and oxygen atoms in total. The summed E-state index contributed by atoms with van der Waals surface area (Å²) in [6.07, 6.45) is 8.12. The van der Waals surface area contributed by atoms with E-state index in [0.29, 0.717) is 13.0 Å². The SMILES string of the molecule is O=C(O)C1CCCCC1C(=O)NCCCN1CCCCC1. The van der Waals surface area contributed by atoms with Crippen molar-refractivity contribution in [1.29, 1.82) is 0 Å². The van der Waals surface area contributed by atoms with Gasteiger partial charge in [0, 0.05) is 6.54 Å². The molecule has 1 heterocycles. The van der Waals surface area contributed by atoms with E-state index in [2.05, 4.69) is 10.2 Å². The molecule has 1 aliphatic carbocycles. The molecule has 2 unspecified atom stereocenters. The summed E-state index contributed by atoms with van der Waals surface area (Å²) in [5, 5.41) is 12.2. The Kier molecular flexibility index (Phi) is 6.49. The average Bonchev–Trinajstić information content (AvgIpc) is 2.52. The van der Waals surface area contributed by atoms with Gasteiger partial charge in [0.2, 0.25) is 5.91 Å². The first kappa shape index (κ1) is 16.3. The molecule has 0 aromatic carbocycles. The van der Waals surface area contributed by atoms with Gasteiger partial charge in [-0.3, -0.25) is 9.59 Å². The van der Waals surface area contributed by atoms with Crippen molar-refractivity contribution >= 4 is 11.9 Å². The zero-order valence-electron chi connectivity index (χ0n) is 12.9. The molecule has 0 spiro atoms. The van der Waals surface area contributed by atoms with Gasteiger partial charge in [0.1, 0.15) is 0 Å². The maximum absolute atomic E-state index is 12.2. The minimum atomic E-state index is -0.817. The summed E-state index contributed by atoms with van der Waals surface area (Å²) in [6, 6.07) is 0. The lowest BCUT2D eigenvalue weighted by molar-refractivity contribution is -0.148. The number of rotatable bonds is 6. The highest BCUT2D eigenvalue weighted by Gasteiger charge is 2.35. The number of piperidine rings is 1. The van der Waals surface area contributed by atoms with Crippen LogP contribution < -0.4 is 5.32 Å². The Morgan fingerprint density at radius 1 is 1.00 bits per heavy atom. The molecule has 2 fully saturated rings. The molecule has 2 aliphatic rings. The summed E-state index contributed by atoms with van der Waals surface area (Å²) in [7, 11) is 0. The van der Waals surface area contributed by atoms with Crippen LogP contribution in [0.4, 0.5) is 0 Å². The molecule has 120 valence electrons. The number of carboxylic acids is 1. The topological polar surface area (TPSA) is 69.6 Å². The van der Waals surface area contributed by atoms with Gasteiger partial charge in [-0.25, -0.2) is 0 Å². The van der Waals surface area contributed by atoms with Crippen molar-refractivity contribution < 1.29 is 14.7 Å². The zero-order chi connectivity index (χ0) is 15.1. The normalized spacial score (nSPS) is 27.2. The average molecular weight is 296 g/mol. The Labute approximate surface area is 127 Å². The molecule has 1 amide bonds. The molecule has 2 N–H and O–H groups in total. The number of hydrogen-bond donors (Lipinski definition) is 2. The van der Waals surface area contributed by atoms with Crippen molar-refractivity contribution in [2.24, 2.45) is 11.8 Å². The first-order valence-corrected chi connectivity index (χ1v) is 8.41. The third-order valence-electron chi connectivity index (χ3n) is 4.82. The molecule has 1 saturated heterocycles. The number of hydrogen-bond acceptors (Lipinski definition) is 3. The largest absolute Gasteiger partial charge is 0.481 e. The van der Waals surface area contributed by atoms with Crippen LogP contribution in [0.5, 0.6) is 0 Å². The third kappa shape index (κ3) is 4.99. The van der Waals surface area contributed by atoms with Gasteiger partial charge in [-0.15, -0.1) is 0 Å². The molecule has 2 rings (SSSR count). The summed E-state index contributed by atoms with van der Waals surface area (Å²) in [6.45, 7) is 4.06. The van der Waals surface area contributed by atoms with Crippen molar-refractivity contribution in [2.75, 3.05) is 26.2 Å². The summed E-state index contributed by atoms with van der Waals surface area (Å²) in [4.78, 5) is 25.8. The van der Waals surface area contributed by atoms with Gasteiger partial charge in [-0.05, 0) is 51.7 Å². The molecular weight excluding hydrogens is 268 g/mol. The number of nitrogens with zero attached hydrogens (tertiary/aromatic N) is 1.